The fourth-order valence-corrected chi connectivity index (χ4v) is 1.16. The molecule has 0 aliphatic heterocycles. The molecule has 0 aromatic rings. The Morgan fingerprint density at radius 2 is 2.17 bits per heavy atom. The van der Waals surface area contributed by atoms with Crippen molar-refractivity contribution in [1.29, 1.82) is 0 Å². The molecule has 12 heavy (non-hydrogen) atoms. The summed E-state index contributed by atoms with van der Waals surface area (Å²) in [5.74, 6) is 0.542. The fraction of sp³-hybridized carbons (Fsp3) is 0.778. The number of aliphatic hydroxyl groups is 1. The van der Waals surface area contributed by atoms with Gasteiger partial charge in [-0.2, -0.15) is 0 Å². The van der Waals surface area contributed by atoms with Crippen LogP contribution in [-0.2, 0) is 0 Å². The molecule has 2 N–H and O–H groups in total. The molecule has 0 bridgehead atoms. The number of hydrogen-bond acceptors (Lipinski definition) is 2. The van der Waals surface area contributed by atoms with E-state index in [-0.39, 0.29) is 6.61 Å². The van der Waals surface area contributed by atoms with E-state index >= 15 is 0 Å². The maximum Gasteiger partial charge on any atom is 0.0445 e. The summed E-state index contributed by atoms with van der Waals surface area (Å²) in [7, 11) is 0. The van der Waals surface area contributed by atoms with Gasteiger partial charge in [-0.15, -0.1) is 0 Å². The molecule has 0 aromatic heterocycles. The molecule has 0 rings (SSSR count). The molecule has 72 valence electrons. The number of aliphatic hydroxyl groups excluding tert-OH is 1. The van der Waals surface area contributed by atoms with Crippen LogP contribution in [0.2, 0.25) is 0 Å². The van der Waals surface area contributed by atoms with Gasteiger partial charge in [-0.25, -0.2) is 0 Å². The minimum atomic E-state index is 0.237. The molecule has 1 unspecified atom stereocenters. The van der Waals surface area contributed by atoms with Crippen molar-refractivity contribution in [2.24, 2.45) is 5.92 Å². The number of halogens is 1. The van der Waals surface area contributed by atoms with Crippen LogP contribution >= 0.6 is 11.6 Å². The third kappa shape index (κ3) is 5.58. The molecule has 1 atom stereocenters. The van der Waals surface area contributed by atoms with Gasteiger partial charge in [-0.3, -0.25) is 0 Å². The largest absolute Gasteiger partial charge is 0.396 e. The first-order valence-corrected chi connectivity index (χ1v) is 4.75. The molecule has 0 fully saturated rings. The Morgan fingerprint density at radius 3 is 2.58 bits per heavy atom. The van der Waals surface area contributed by atoms with Gasteiger partial charge in [0.25, 0.3) is 0 Å². The maximum absolute atomic E-state index is 8.76. The van der Waals surface area contributed by atoms with Crippen LogP contribution in [-0.4, -0.2) is 24.3 Å². The molecular weight excluding hydrogens is 174 g/mol. The zero-order valence-electron chi connectivity index (χ0n) is 7.76. The smallest absolute Gasteiger partial charge is 0.0445 e. The summed E-state index contributed by atoms with van der Waals surface area (Å²) in [6.45, 7) is 5.28. The second kappa shape index (κ2) is 7.59. The van der Waals surface area contributed by atoms with E-state index in [9.17, 15) is 0 Å². The summed E-state index contributed by atoms with van der Waals surface area (Å²) in [5.41, 5.74) is 1.50. The minimum absolute atomic E-state index is 0.237. The van der Waals surface area contributed by atoms with E-state index in [1.165, 1.54) is 5.54 Å². The summed E-state index contributed by atoms with van der Waals surface area (Å²) in [5, 5.41) is 12.0. The first kappa shape index (κ1) is 11.9. The summed E-state index contributed by atoms with van der Waals surface area (Å²) in [6, 6.07) is 0.378. The average molecular weight is 192 g/mol. The Bertz CT molecular complexity index is 126. The number of nitrogens with one attached hydrogen (secondary N) is 1. The van der Waals surface area contributed by atoms with E-state index in [1.807, 2.05) is 6.08 Å². The van der Waals surface area contributed by atoms with Crippen molar-refractivity contribution in [2.75, 3.05) is 13.2 Å². The fourth-order valence-electron chi connectivity index (χ4n) is 1.07. The van der Waals surface area contributed by atoms with Crippen LogP contribution in [0.25, 0.3) is 0 Å². The molecule has 3 heteroatoms. The standard InChI is InChI=1S/C9H18ClNO/c1-8(2)9(4-7-12)11-6-3-5-10/h3,5,8-9,11-12H,4,6-7H2,1-2H3/b5-3+. The highest BCUT2D eigenvalue weighted by Gasteiger charge is 2.10. The molecule has 0 heterocycles. The van der Waals surface area contributed by atoms with Crippen LogP contribution < -0.4 is 5.32 Å². The van der Waals surface area contributed by atoms with Gasteiger partial charge in [-0.05, 0) is 12.3 Å². The highest BCUT2D eigenvalue weighted by molar-refractivity contribution is 6.25. The molecule has 0 saturated carbocycles. The van der Waals surface area contributed by atoms with Crippen molar-refractivity contribution in [3.8, 4) is 0 Å². The first-order chi connectivity index (χ1) is 5.72. The van der Waals surface area contributed by atoms with Crippen LogP contribution in [0.4, 0.5) is 0 Å². The molecule has 0 radical (unpaired) electrons. The third-order valence-electron chi connectivity index (χ3n) is 1.83. The van der Waals surface area contributed by atoms with Gasteiger partial charge in [0.2, 0.25) is 0 Å². The van der Waals surface area contributed by atoms with Crippen LogP contribution in [0.15, 0.2) is 11.6 Å². The van der Waals surface area contributed by atoms with Crippen LogP contribution in [0.3, 0.4) is 0 Å². The van der Waals surface area contributed by atoms with E-state index in [1.54, 1.807) is 0 Å². The van der Waals surface area contributed by atoms with Crippen LogP contribution in [0, 0.1) is 5.92 Å². The van der Waals surface area contributed by atoms with E-state index in [0.717, 1.165) is 13.0 Å². The predicted molar refractivity (Wildman–Crippen MR) is 53.3 cm³/mol. The molecule has 0 spiro atoms. The SMILES string of the molecule is CC(C)C(CCO)NC/C=C/Cl. The lowest BCUT2D eigenvalue weighted by molar-refractivity contribution is 0.247. The number of rotatable bonds is 6. The topological polar surface area (TPSA) is 32.3 Å². The van der Waals surface area contributed by atoms with Crippen molar-refractivity contribution in [3.63, 3.8) is 0 Å². The third-order valence-corrected chi connectivity index (χ3v) is 2.01. The molecular formula is C9H18ClNO. The predicted octanol–water partition coefficient (Wildman–Crippen LogP) is 1.74. The van der Waals surface area contributed by atoms with E-state index < -0.39 is 0 Å². The monoisotopic (exact) mass is 191 g/mol. The van der Waals surface area contributed by atoms with Gasteiger partial charge in [0, 0.05) is 24.7 Å². The summed E-state index contributed by atoms with van der Waals surface area (Å²) in [4.78, 5) is 0. The van der Waals surface area contributed by atoms with Gasteiger partial charge in [0.15, 0.2) is 0 Å². The summed E-state index contributed by atoms with van der Waals surface area (Å²) >= 11 is 5.37. The zero-order chi connectivity index (χ0) is 9.40. The van der Waals surface area contributed by atoms with E-state index in [2.05, 4.69) is 19.2 Å². The van der Waals surface area contributed by atoms with Gasteiger partial charge in [0.1, 0.15) is 0 Å². The van der Waals surface area contributed by atoms with E-state index in [4.69, 9.17) is 16.7 Å². The van der Waals surface area contributed by atoms with Crippen LogP contribution in [0.5, 0.6) is 0 Å². The Hall–Kier alpha value is -0.0500. The Labute approximate surface area is 79.6 Å². The second-order valence-corrected chi connectivity index (χ2v) is 3.38. The molecule has 2 nitrogen and oxygen atoms in total. The quantitative estimate of drug-likeness (QED) is 0.671. The van der Waals surface area contributed by atoms with Crippen molar-refractivity contribution in [2.45, 2.75) is 26.3 Å². The summed E-state index contributed by atoms with van der Waals surface area (Å²) < 4.78 is 0. The highest BCUT2D eigenvalue weighted by Crippen LogP contribution is 2.04. The van der Waals surface area contributed by atoms with Crippen molar-refractivity contribution in [3.05, 3.63) is 11.6 Å². The number of hydrogen-bond donors (Lipinski definition) is 2. The Kier molecular flexibility index (Phi) is 7.56. The molecule has 0 aliphatic rings. The highest BCUT2D eigenvalue weighted by atomic mass is 35.5. The summed E-state index contributed by atoms with van der Waals surface area (Å²) in [6.07, 6.45) is 2.65. The molecule has 0 saturated heterocycles. The average Bonchev–Trinajstić information content (AvgIpc) is 2.03. The van der Waals surface area contributed by atoms with Crippen LogP contribution in [0.1, 0.15) is 20.3 Å². The lowest BCUT2D eigenvalue weighted by atomic mass is 10.0. The Balaban J connectivity index is 3.63. The minimum Gasteiger partial charge on any atom is -0.396 e. The van der Waals surface area contributed by atoms with Gasteiger partial charge >= 0.3 is 0 Å². The molecule has 0 aliphatic carbocycles. The van der Waals surface area contributed by atoms with E-state index in [0.29, 0.717) is 12.0 Å². The first-order valence-electron chi connectivity index (χ1n) is 4.31. The molecule has 0 aromatic carbocycles. The Morgan fingerprint density at radius 1 is 1.50 bits per heavy atom. The van der Waals surface area contributed by atoms with Crippen molar-refractivity contribution in [1.82, 2.24) is 5.32 Å². The second-order valence-electron chi connectivity index (χ2n) is 3.13. The van der Waals surface area contributed by atoms with Gasteiger partial charge in [-0.1, -0.05) is 31.5 Å². The van der Waals surface area contributed by atoms with Crippen molar-refractivity contribution < 1.29 is 5.11 Å². The van der Waals surface area contributed by atoms with Crippen molar-refractivity contribution >= 4 is 11.6 Å². The normalized spacial score (nSPS) is 14.4. The van der Waals surface area contributed by atoms with Gasteiger partial charge in [0.05, 0.1) is 0 Å². The zero-order valence-corrected chi connectivity index (χ0v) is 8.51. The maximum atomic E-state index is 8.76. The lowest BCUT2D eigenvalue weighted by Gasteiger charge is -2.20. The van der Waals surface area contributed by atoms with Gasteiger partial charge < -0.3 is 10.4 Å². The lowest BCUT2D eigenvalue weighted by Crippen LogP contribution is -2.34. The molecule has 0 amide bonds.